The predicted octanol–water partition coefficient (Wildman–Crippen LogP) is 3.55. The van der Waals surface area contributed by atoms with Gasteiger partial charge in [0.1, 0.15) is 29.6 Å². The lowest BCUT2D eigenvalue weighted by molar-refractivity contribution is 0.102. The molecule has 0 saturated heterocycles. The van der Waals surface area contributed by atoms with E-state index in [1.54, 1.807) is 31.2 Å². The summed E-state index contributed by atoms with van der Waals surface area (Å²) in [7, 11) is 0. The van der Waals surface area contributed by atoms with Gasteiger partial charge in [-0.3, -0.25) is 4.79 Å². The fourth-order valence-corrected chi connectivity index (χ4v) is 2.98. The third-order valence-corrected chi connectivity index (χ3v) is 4.74. The number of carbonyl (C=O) groups excluding carboxylic acids is 1. The molecule has 31 heavy (non-hydrogen) atoms. The molecule has 0 spiro atoms. The third-order valence-electron chi connectivity index (χ3n) is 4.74. The Morgan fingerprint density at radius 3 is 2.58 bits per heavy atom. The summed E-state index contributed by atoms with van der Waals surface area (Å²) in [6.07, 6.45) is 0. The van der Waals surface area contributed by atoms with Gasteiger partial charge in [-0.25, -0.2) is 4.39 Å². The molecule has 1 N–H and O–H groups in total. The zero-order valence-electron chi connectivity index (χ0n) is 17.1. The zero-order chi connectivity index (χ0) is 22.0. The van der Waals surface area contributed by atoms with E-state index in [-0.39, 0.29) is 11.6 Å². The maximum atomic E-state index is 14.2. The maximum absolute atomic E-state index is 14.2. The van der Waals surface area contributed by atoms with Crippen molar-refractivity contribution in [3.8, 4) is 11.4 Å². The quantitative estimate of drug-likeness (QED) is 0.506. The van der Waals surface area contributed by atoms with Crippen LogP contribution in [0.5, 0.6) is 5.75 Å². The van der Waals surface area contributed by atoms with Crippen LogP contribution < -0.4 is 10.1 Å². The van der Waals surface area contributed by atoms with Gasteiger partial charge in [0.15, 0.2) is 5.82 Å². The van der Waals surface area contributed by atoms with E-state index < -0.39 is 5.82 Å². The van der Waals surface area contributed by atoms with Crippen LogP contribution in [0.15, 0.2) is 47.0 Å². The molecule has 2 aromatic carbocycles. The number of tetrazole rings is 1. The van der Waals surface area contributed by atoms with Crippen LogP contribution in [0.25, 0.3) is 5.69 Å². The van der Waals surface area contributed by atoms with Crippen molar-refractivity contribution in [2.45, 2.75) is 27.4 Å². The number of ether oxygens (including phenoxy) is 1. The van der Waals surface area contributed by atoms with Gasteiger partial charge in [0, 0.05) is 11.3 Å². The van der Waals surface area contributed by atoms with Crippen LogP contribution >= 0.6 is 0 Å². The Balaban J connectivity index is 1.44. The Bertz CT molecular complexity index is 1210. The van der Waals surface area contributed by atoms with Gasteiger partial charge in [-0.1, -0.05) is 5.16 Å². The normalized spacial score (nSPS) is 10.8. The van der Waals surface area contributed by atoms with E-state index in [4.69, 9.17) is 9.26 Å². The first-order valence-electron chi connectivity index (χ1n) is 9.43. The molecule has 2 heterocycles. The third kappa shape index (κ3) is 4.27. The number of halogens is 1. The number of nitrogens with zero attached hydrogens (tertiary/aromatic N) is 5. The van der Waals surface area contributed by atoms with E-state index in [9.17, 15) is 9.18 Å². The topological polar surface area (TPSA) is 108 Å². The van der Waals surface area contributed by atoms with Crippen molar-refractivity contribution in [3.05, 3.63) is 76.7 Å². The van der Waals surface area contributed by atoms with Crippen molar-refractivity contribution < 1.29 is 18.4 Å². The number of hydrogen-bond donors (Lipinski definition) is 1. The van der Waals surface area contributed by atoms with Gasteiger partial charge in [-0.2, -0.15) is 4.68 Å². The molecule has 2 aromatic heterocycles. The van der Waals surface area contributed by atoms with Crippen molar-refractivity contribution in [1.29, 1.82) is 0 Å². The van der Waals surface area contributed by atoms with E-state index in [0.717, 1.165) is 11.3 Å². The number of nitrogens with one attached hydrogen (secondary N) is 1. The first-order valence-corrected chi connectivity index (χ1v) is 9.43. The highest BCUT2D eigenvalue weighted by atomic mass is 19.1. The Hall–Kier alpha value is -4.08. The van der Waals surface area contributed by atoms with Crippen molar-refractivity contribution in [3.63, 3.8) is 0 Å². The van der Waals surface area contributed by atoms with Crippen LogP contribution in [0.2, 0.25) is 0 Å². The van der Waals surface area contributed by atoms with Crippen molar-refractivity contribution in [2.75, 3.05) is 5.32 Å². The Labute approximate surface area is 176 Å². The van der Waals surface area contributed by atoms with Crippen LogP contribution in [0.3, 0.4) is 0 Å². The average molecular weight is 422 g/mol. The summed E-state index contributed by atoms with van der Waals surface area (Å²) >= 11 is 0. The molecule has 9 nitrogen and oxygen atoms in total. The second-order valence-corrected chi connectivity index (χ2v) is 6.87. The van der Waals surface area contributed by atoms with E-state index in [2.05, 4.69) is 26.0 Å². The predicted molar refractivity (Wildman–Crippen MR) is 109 cm³/mol. The fraction of sp³-hybridized carbons (Fsp3) is 0.190. The number of aryl methyl sites for hydroxylation is 3. The fourth-order valence-electron chi connectivity index (χ4n) is 2.98. The van der Waals surface area contributed by atoms with Crippen LogP contribution in [-0.2, 0) is 6.61 Å². The largest absolute Gasteiger partial charge is 0.489 e. The van der Waals surface area contributed by atoms with Crippen LogP contribution in [-0.4, -0.2) is 31.3 Å². The number of hydrogen-bond acceptors (Lipinski definition) is 7. The summed E-state index contributed by atoms with van der Waals surface area (Å²) in [4.78, 5) is 12.6. The number of carbonyl (C=O) groups is 1. The SMILES string of the molecule is Cc1noc(C)c1COc1ccc(C(=O)Nc2ccc(F)c(-n3nnnc3C)c2)cc1. The molecule has 0 saturated carbocycles. The minimum atomic E-state index is -0.506. The molecule has 10 heteroatoms. The Morgan fingerprint density at radius 1 is 1.16 bits per heavy atom. The highest BCUT2D eigenvalue weighted by Gasteiger charge is 2.13. The van der Waals surface area contributed by atoms with Gasteiger partial charge < -0.3 is 14.6 Å². The van der Waals surface area contributed by atoms with Crippen molar-refractivity contribution in [1.82, 2.24) is 25.4 Å². The lowest BCUT2D eigenvalue weighted by atomic mass is 10.2. The molecule has 0 fully saturated rings. The molecule has 0 unspecified atom stereocenters. The number of amides is 1. The molecule has 0 aliphatic carbocycles. The summed E-state index contributed by atoms with van der Waals surface area (Å²) < 4.78 is 26.3. The van der Waals surface area contributed by atoms with Crippen LogP contribution in [0, 0.1) is 26.6 Å². The summed E-state index contributed by atoms with van der Waals surface area (Å²) in [5, 5.41) is 17.7. The summed E-state index contributed by atoms with van der Waals surface area (Å²) in [5.74, 6) is 0.893. The minimum Gasteiger partial charge on any atom is -0.489 e. The van der Waals surface area contributed by atoms with Gasteiger partial charge in [0.05, 0.1) is 11.3 Å². The van der Waals surface area contributed by atoms with Crippen molar-refractivity contribution in [2.24, 2.45) is 0 Å². The van der Waals surface area contributed by atoms with E-state index in [1.807, 2.05) is 13.8 Å². The van der Waals surface area contributed by atoms with E-state index >= 15 is 0 Å². The second kappa shape index (κ2) is 8.34. The van der Waals surface area contributed by atoms with Gasteiger partial charge in [-0.05, 0) is 73.7 Å². The molecule has 0 aliphatic rings. The molecule has 1 amide bonds. The lowest BCUT2D eigenvalue weighted by Gasteiger charge is -2.10. The smallest absolute Gasteiger partial charge is 0.255 e. The first-order chi connectivity index (χ1) is 14.9. The molecule has 158 valence electrons. The molecule has 4 aromatic rings. The van der Waals surface area contributed by atoms with E-state index in [0.29, 0.717) is 35.2 Å². The first kappa shape index (κ1) is 20.2. The van der Waals surface area contributed by atoms with Gasteiger partial charge in [0.25, 0.3) is 5.91 Å². The van der Waals surface area contributed by atoms with Crippen molar-refractivity contribution >= 4 is 11.6 Å². The zero-order valence-corrected chi connectivity index (χ0v) is 17.1. The molecule has 4 rings (SSSR count). The van der Waals surface area contributed by atoms with E-state index in [1.165, 1.54) is 22.9 Å². The molecule has 0 radical (unpaired) electrons. The maximum Gasteiger partial charge on any atom is 0.255 e. The minimum absolute atomic E-state index is 0.142. The van der Waals surface area contributed by atoms with Gasteiger partial charge >= 0.3 is 0 Å². The molecule has 0 atom stereocenters. The second-order valence-electron chi connectivity index (χ2n) is 6.87. The average Bonchev–Trinajstić information content (AvgIpc) is 3.33. The summed E-state index contributed by atoms with van der Waals surface area (Å²) in [6, 6.07) is 10.9. The summed E-state index contributed by atoms with van der Waals surface area (Å²) in [6.45, 7) is 5.65. The number of benzene rings is 2. The molecular formula is C21H19FN6O3. The van der Waals surface area contributed by atoms with Gasteiger partial charge in [-0.15, -0.1) is 5.10 Å². The highest BCUT2D eigenvalue weighted by molar-refractivity contribution is 6.04. The highest BCUT2D eigenvalue weighted by Crippen LogP contribution is 2.21. The van der Waals surface area contributed by atoms with Crippen LogP contribution in [0.4, 0.5) is 10.1 Å². The Kier molecular flexibility index (Phi) is 5.44. The number of aromatic nitrogens is 5. The molecular weight excluding hydrogens is 403 g/mol. The van der Waals surface area contributed by atoms with Gasteiger partial charge in [0.2, 0.25) is 0 Å². The Morgan fingerprint density at radius 2 is 1.94 bits per heavy atom. The van der Waals surface area contributed by atoms with Crippen LogP contribution in [0.1, 0.15) is 33.2 Å². The standard InChI is InChI=1S/C21H19FN6O3/c1-12-18(13(2)31-25-12)11-30-17-7-4-15(5-8-17)21(29)23-16-6-9-19(22)20(10-16)28-14(3)24-26-27-28/h4-10H,11H2,1-3H3,(H,23,29). The number of anilines is 1. The summed E-state index contributed by atoms with van der Waals surface area (Å²) in [5.41, 5.74) is 2.66. The number of rotatable bonds is 6. The monoisotopic (exact) mass is 422 g/mol. The molecule has 0 bridgehead atoms. The lowest BCUT2D eigenvalue weighted by Crippen LogP contribution is -2.13. The molecule has 0 aliphatic heterocycles.